The van der Waals surface area contributed by atoms with Crippen LogP contribution in [0.25, 0.3) is 0 Å². The van der Waals surface area contributed by atoms with Gasteiger partial charge in [0.15, 0.2) is 0 Å². The van der Waals surface area contributed by atoms with Crippen LogP contribution >= 0.6 is 23.2 Å². The van der Waals surface area contributed by atoms with Crippen LogP contribution in [0.5, 0.6) is 0 Å². The summed E-state index contributed by atoms with van der Waals surface area (Å²) in [5.74, 6) is 0.715. The monoisotopic (exact) mass is 554 g/mol. The van der Waals surface area contributed by atoms with E-state index in [0.717, 1.165) is 75.5 Å². The maximum absolute atomic E-state index is 11.5. The number of piperidine rings is 1. The molecule has 4 rings (SSSR count). The molecular weight excluding hydrogens is 519 g/mol. The molecule has 0 bridgehead atoms. The minimum atomic E-state index is -3.37. The third kappa shape index (κ3) is 6.75. The van der Waals surface area contributed by atoms with Gasteiger partial charge in [-0.25, -0.2) is 13.4 Å². The molecule has 1 aromatic heterocycles. The number of rotatable bonds is 8. The molecule has 198 valence electrons. The predicted molar refractivity (Wildman–Crippen MR) is 150 cm³/mol. The van der Waals surface area contributed by atoms with E-state index in [-0.39, 0.29) is 0 Å². The van der Waals surface area contributed by atoms with Crippen molar-refractivity contribution < 1.29 is 8.42 Å². The molecule has 0 amide bonds. The van der Waals surface area contributed by atoms with Gasteiger partial charge in [-0.1, -0.05) is 36.2 Å². The average molecular weight is 556 g/mol. The van der Waals surface area contributed by atoms with Crippen LogP contribution in [0.2, 0.25) is 10.0 Å². The quantitative estimate of drug-likeness (QED) is 0.501. The Balaban J connectivity index is 1.34. The second-order valence-electron chi connectivity index (χ2n) is 9.71. The highest BCUT2D eigenvalue weighted by molar-refractivity contribution is 7.92. The number of pyridine rings is 1. The predicted octanol–water partition coefficient (Wildman–Crippen LogP) is 4.37. The number of likely N-dealkylation sites (tertiary alicyclic amines) is 1. The van der Waals surface area contributed by atoms with Crippen LogP contribution in [0.1, 0.15) is 31.7 Å². The number of nitrogens with one attached hydrogen (secondary N) is 2. The van der Waals surface area contributed by atoms with Gasteiger partial charge in [0, 0.05) is 56.0 Å². The number of benzene rings is 1. The summed E-state index contributed by atoms with van der Waals surface area (Å²) < 4.78 is 25.5. The topological polar surface area (TPSA) is 80.8 Å². The maximum atomic E-state index is 11.5. The van der Waals surface area contributed by atoms with E-state index in [1.54, 1.807) is 6.07 Å². The highest BCUT2D eigenvalue weighted by Gasteiger charge is 2.34. The molecule has 0 saturated carbocycles. The molecule has 0 aliphatic carbocycles. The summed E-state index contributed by atoms with van der Waals surface area (Å²) in [5, 5.41) is 4.48. The van der Waals surface area contributed by atoms with Gasteiger partial charge < -0.3 is 10.2 Å². The fraction of sp³-hybridized carbons (Fsp3) is 0.560. The summed E-state index contributed by atoms with van der Waals surface area (Å²) in [6.07, 6.45) is 6.01. The van der Waals surface area contributed by atoms with Crippen molar-refractivity contribution >= 4 is 50.4 Å². The van der Waals surface area contributed by atoms with Crippen LogP contribution in [0.15, 0.2) is 30.5 Å². The van der Waals surface area contributed by atoms with Gasteiger partial charge in [-0.2, -0.15) is 0 Å². The summed E-state index contributed by atoms with van der Waals surface area (Å²) >= 11 is 12.7. The Morgan fingerprint density at radius 1 is 1.11 bits per heavy atom. The Hall–Kier alpha value is -1.78. The minimum Gasteiger partial charge on any atom is -0.388 e. The van der Waals surface area contributed by atoms with E-state index >= 15 is 0 Å². The highest BCUT2D eigenvalue weighted by Crippen LogP contribution is 2.31. The van der Waals surface area contributed by atoms with Crippen LogP contribution < -0.4 is 14.9 Å². The van der Waals surface area contributed by atoms with Gasteiger partial charge in [0.05, 0.1) is 23.2 Å². The van der Waals surface area contributed by atoms with E-state index < -0.39 is 10.0 Å². The van der Waals surface area contributed by atoms with Gasteiger partial charge in [-0.15, -0.1) is 0 Å². The van der Waals surface area contributed by atoms with Crippen LogP contribution in [0, 0.1) is 0 Å². The number of halogens is 2. The Kier molecular flexibility index (Phi) is 8.88. The Morgan fingerprint density at radius 2 is 1.86 bits per heavy atom. The first-order valence-electron chi connectivity index (χ1n) is 12.5. The van der Waals surface area contributed by atoms with Crippen molar-refractivity contribution in [2.45, 2.75) is 44.8 Å². The first-order valence-corrected chi connectivity index (χ1v) is 15.1. The van der Waals surface area contributed by atoms with E-state index in [1.165, 1.54) is 11.8 Å². The molecule has 0 unspecified atom stereocenters. The summed E-state index contributed by atoms with van der Waals surface area (Å²) in [6.45, 7) is 8.00. The molecule has 8 nitrogen and oxygen atoms in total. The van der Waals surface area contributed by atoms with Crippen LogP contribution in [-0.4, -0.2) is 81.3 Å². The lowest BCUT2D eigenvalue weighted by Gasteiger charge is -2.47. The Morgan fingerprint density at radius 3 is 2.50 bits per heavy atom. The minimum absolute atomic E-state index is 0.379. The lowest BCUT2D eigenvalue weighted by molar-refractivity contribution is 0.0611. The van der Waals surface area contributed by atoms with Crippen molar-refractivity contribution in [2.24, 2.45) is 0 Å². The molecule has 2 fully saturated rings. The molecule has 2 aliphatic heterocycles. The summed E-state index contributed by atoms with van der Waals surface area (Å²) in [7, 11) is -1.43. The van der Waals surface area contributed by atoms with Gasteiger partial charge in [-0.3, -0.25) is 14.5 Å². The molecule has 2 N–H and O–H groups in total. The second-order valence-corrected chi connectivity index (χ2v) is 12.3. The van der Waals surface area contributed by atoms with Gasteiger partial charge in [0.1, 0.15) is 5.82 Å². The molecule has 0 spiro atoms. The zero-order chi connectivity index (χ0) is 25.9. The first kappa shape index (κ1) is 27.3. The SMILES string of the molecule is CC[C@H]1CN(c2ncc(NS(C)(=O)=O)cc2Cl)CCN1C1CCN(Cc2ccc(Cl)cc2NC)CC1. The van der Waals surface area contributed by atoms with Gasteiger partial charge >= 0.3 is 0 Å². The van der Waals surface area contributed by atoms with E-state index in [9.17, 15) is 8.42 Å². The average Bonchev–Trinajstić information content (AvgIpc) is 2.84. The zero-order valence-corrected chi connectivity index (χ0v) is 23.5. The normalized spacial score (nSPS) is 20.5. The second kappa shape index (κ2) is 11.7. The van der Waals surface area contributed by atoms with Crippen molar-refractivity contribution in [1.29, 1.82) is 0 Å². The van der Waals surface area contributed by atoms with E-state index in [1.807, 2.05) is 19.2 Å². The third-order valence-electron chi connectivity index (χ3n) is 7.19. The molecule has 2 aliphatic rings. The summed E-state index contributed by atoms with van der Waals surface area (Å²) in [5.41, 5.74) is 2.76. The number of sulfonamides is 1. The lowest BCUT2D eigenvalue weighted by Crippen LogP contribution is -2.58. The molecule has 11 heteroatoms. The third-order valence-corrected chi connectivity index (χ3v) is 8.31. The van der Waals surface area contributed by atoms with E-state index in [4.69, 9.17) is 23.2 Å². The largest absolute Gasteiger partial charge is 0.388 e. The van der Waals surface area contributed by atoms with Crippen LogP contribution in [0.3, 0.4) is 0 Å². The number of hydrogen-bond donors (Lipinski definition) is 2. The van der Waals surface area contributed by atoms with Gasteiger partial charge in [-0.05, 0) is 56.1 Å². The Labute approximate surface area is 225 Å². The number of hydrogen-bond acceptors (Lipinski definition) is 7. The molecule has 1 atom stereocenters. The van der Waals surface area contributed by atoms with E-state index in [2.05, 4.69) is 42.7 Å². The smallest absolute Gasteiger partial charge is 0.229 e. The molecule has 3 heterocycles. The first-order chi connectivity index (χ1) is 17.2. The van der Waals surface area contributed by atoms with Crippen molar-refractivity contribution in [3.63, 3.8) is 0 Å². The van der Waals surface area contributed by atoms with Gasteiger partial charge in [0.2, 0.25) is 10.0 Å². The maximum Gasteiger partial charge on any atom is 0.229 e. The fourth-order valence-corrected chi connectivity index (χ4v) is 6.41. The molecule has 2 saturated heterocycles. The highest BCUT2D eigenvalue weighted by atomic mass is 35.5. The van der Waals surface area contributed by atoms with Crippen molar-refractivity contribution in [2.75, 3.05) is 61.0 Å². The summed E-state index contributed by atoms with van der Waals surface area (Å²) in [6, 6.07) is 8.71. The van der Waals surface area contributed by atoms with E-state index in [0.29, 0.717) is 28.6 Å². The number of piperazine rings is 1. The lowest BCUT2D eigenvalue weighted by atomic mass is 9.97. The molecule has 1 aromatic carbocycles. The standard InChI is InChI=1S/C25H36Cl2N6O2S/c1-4-21-17-32(25-23(27)14-20(15-29-25)30-36(3,34)35)11-12-33(21)22-7-9-31(10-8-22)16-18-5-6-19(26)13-24(18)28-2/h5-6,13-15,21-22,28,30H,4,7-12,16-17H2,1-3H3/t21-/m0/s1. The number of anilines is 3. The molecular formula is C25H36Cl2N6O2S. The van der Waals surface area contributed by atoms with Crippen molar-refractivity contribution in [1.82, 2.24) is 14.8 Å². The Bertz CT molecular complexity index is 1160. The molecule has 36 heavy (non-hydrogen) atoms. The van der Waals surface area contributed by atoms with Crippen LogP contribution in [-0.2, 0) is 16.6 Å². The fourth-order valence-electron chi connectivity index (χ4n) is 5.41. The van der Waals surface area contributed by atoms with Crippen molar-refractivity contribution in [3.05, 3.63) is 46.1 Å². The van der Waals surface area contributed by atoms with Crippen molar-refractivity contribution in [3.8, 4) is 0 Å². The summed E-state index contributed by atoms with van der Waals surface area (Å²) in [4.78, 5) is 11.9. The molecule has 2 aromatic rings. The van der Waals surface area contributed by atoms with Crippen LogP contribution in [0.4, 0.5) is 17.2 Å². The zero-order valence-electron chi connectivity index (χ0n) is 21.2. The number of aromatic nitrogens is 1. The van der Waals surface area contributed by atoms with Gasteiger partial charge in [0.25, 0.3) is 0 Å². The number of nitrogens with zero attached hydrogens (tertiary/aromatic N) is 4. The molecule has 0 radical (unpaired) electrons.